The minimum absolute atomic E-state index is 1.13. The molecule has 1 aromatic heterocycles. The van der Waals surface area contributed by atoms with E-state index in [9.17, 15) is 0 Å². The zero-order valence-electron chi connectivity index (χ0n) is 13.3. The molecule has 0 aliphatic heterocycles. The average molecular weight is 307 g/mol. The summed E-state index contributed by atoms with van der Waals surface area (Å²) in [4.78, 5) is 4.27. The molecular weight excluding hydrogens is 290 g/mol. The fraction of sp³-hybridized carbons (Fsp3) is 0. The molecule has 1 nitrogen and oxygen atoms in total. The van der Waals surface area contributed by atoms with Crippen LogP contribution in [0.25, 0.3) is 33.4 Å². The first-order valence-corrected chi connectivity index (χ1v) is 8.06. The van der Waals surface area contributed by atoms with Crippen molar-refractivity contribution < 1.29 is 0 Å². The van der Waals surface area contributed by atoms with Gasteiger partial charge in [0.25, 0.3) is 0 Å². The van der Waals surface area contributed by atoms with Crippen molar-refractivity contribution in [3.05, 3.63) is 103 Å². The summed E-state index contributed by atoms with van der Waals surface area (Å²) in [5.74, 6) is 0. The maximum Gasteiger partial charge on any atom is 0.0346 e. The second-order valence-electron chi connectivity index (χ2n) is 5.77. The van der Waals surface area contributed by atoms with E-state index in [4.69, 9.17) is 0 Å². The molecule has 0 aliphatic rings. The molecule has 0 atom stereocenters. The Hall–Kier alpha value is -3.19. The van der Waals surface area contributed by atoms with Gasteiger partial charge in [-0.05, 0) is 52.1 Å². The zero-order valence-corrected chi connectivity index (χ0v) is 13.3. The van der Waals surface area contributed by atoms with Gasteiger partial charge < -0.3 is 0 Å². The maximum atomic E-state index is 4.27. The Morgan fingerprint density at radius 3 is 1.33 bits per heavy atom. The van der Waals surface area contributed by atoms with Gasteiger partial charge in [-0.3, -0.25) is 4.98 Å². The third-order valence-electron chi connectivity index (χ3n) is 4.14. The van der Waals surface area contributed by atoms with E-state index in [2.05, 4.69) is 77.8 Å². The highest BCUT2D eigenvalue weighted by Crippen LogP contribution is 2.32. The summed E-state index contributed by atoms with van der Waals surface area (Å²) in [5, 5.41) is 0. The fourth-order valence-electron chi connectivity index (χ4n) is 2.92. The standard InChI is InChI=1S/C23H17N/c1-3-8-18(9-4-1)21-14-22(19-10-5-2-6-11-19)16-23(15-21)20-12-7-13-24-17-20/h1-17H. The van der Waals surface area contributed by atoms with E-state index >= 15 is 0 Å². The summed E-state index contributed by atoms with van der Waals surface area (Å²) >= 11 is 0. The van der Waals surface area contributed by atoms with Crippen LogP contribution in [0.15, 0.2) is 103 Å². The second-order valence-corrected chi connectivity index (χ2v) is 5.77. The summed E-state index contributed by atoms with van der Waals surface area (Å²) in [5.41, 5.74) is 7.20. The number of aromatic nitrogens is 1. The summed E-state index contributed by atoms with van der Waals surface area (Å²) in [6.07, 6.45) is 3.72. The van der Waals surface area contributed by atoms with Crippen LogP contribution in [0.3, 0.4) is 0 Å². The third kappa shape index (κ3) is 2.97. The van der Waals surface area contributed by atoms with Gasteiger partial charge >= 0.3 is 0 Å². The third-order valence-corrected chi connectivity index (χ3v) is 4.14. The van der Waals surface area contributed by atoms with Gasteiger partial charge in [0.1, 0.15) is 0 Å². The minimum Gasteiger partial charge on any atom is -0.264 e. The highest BCUT2D eigenvalue weighted by atomic mass is 14.6. The molecule has 0 aliphatic carbocycles. The zero-order chi connectivity index (χ0) is 16.2. The first-order chi connectivity index (χ1) is 11.9. The molecule has 3 aromatic carbocycles. The van der Waals surface area contributed by atoms with Gasteiger partial charge in [0.15, 0.2) is 0 Å². The number of pyridine rings is 1. The lowest BCUT2D eigenvalue weighted by atomic mass is 9.94. The SMILES string of the molecule is c1ccc(-c2cc(-c3ccccc3)cc(-c3cccnc3)c2)cc1. The van der Waals surface area contributed by atoms with E-state index in [1.165, 1.54) is 27.8 Å². The van der Waals surface area contributed by atoms with Crippen LogP contribution in [0.1, 0.15) is 0 Å². The number of rotatable bonds is 3. The van der Waals surface area contributed by atoms with E-state index in [0.717, 1.165) is 5.56 Å². The smallest absolute Gasteiger partial charge is 0.0346 e. The molecule has 0 bridgehead atoms. The molecule has 0 saturated carbocycles. The number of benzene rings is 3. The van der Waals surface area contributed by atoms with Gasteiger partial charge in [-0.1, -0.05) is 66.7 Å². The molecule has 0 spiro atoms. The van der Waals surface area contributed by atoms with E-state index < -0.39 is 0 Å². The second kappa shape index (κ2) is 6.51. The van der Waals surface area contributed by atoms with Gasteiger partial charge in [-0.15, -0.1) is 0 Å². The highest BCUT2D eigenvalue weighted by molar-refractivity contribution is 5.80. The van der Waals surface area contributed by atoms with Crippen molar-refractivity contribution in [2.75, 3.05) is 0 Å². The molecular formula is C23H17N. The Balaban J connectivity index is 1.92. The molecule has 0 fully saturated rings. The highest BCUT2D eigenvalue weighted by Gasteiger charge is 2.07. The van der Waals surface area contributed by atoms with Crippen LogP contribution in [0, 0.1) is 0 Å². The summed E-state index contributed by atoms with van der Waals surface area (Å²) in [6.45, 7) is 0. The maximum absolute atomic E-state index is 4.27. The van der Waals surface area contributed by atoms with Crippen molar-refractivity contribution in [3.8, 4) is 33.4 Å². The molecule has 4 aromatic rings. The van der Waals surface area contributed by atoms with Gasteiger partial charge in [0.05, 0.1) is 0 Å². The van der Waals surface area contributed by atoms with E-state index in [1.807, 2.05) is 30.6 Å². The molecule has 1 heteroatoms. The first kappa shape index (κ1) is 14.4. The normalized spacial score (nSPS) is 10.5. The molecule has 0 N–H and O–H groups in total. The predicted molar refractivity (Wildman–Crippen MR) is 101 cm³/mol. The van der Waals surface area contributed by atoms with Crippen LogP contribution in [0.4, 0.5) is 0 Å². The average Bonchev–Trinajstić information content (AvgIpc) is 2.70. The van der Waals surface area contributed by atoms with Crippen molar-refractivity contribution in [1.82, 2.24) is 4.98 Å². The lowest BCUT2D eigenvalue weighted by Crippen LogP contribution is -1.86. The molecule has 114 valence electrons. The Morgan fingerprint density at radius 1 is 0.417 bits per heavy atom. The van der Waals surface area contributed by atoms with Gasteiger partial charge in [0.2, 0.25) is 0 Å². The number of hydrogen-bond acceptors (Lipinski definition) is 1. The van der Waals surface area contributed by atoms with Crippen molar-refractivity contribution in [2.45, 2.75) is 0 Å². The molecule has 24 heavy (non-hydrogen) atoms. The topological polar surface area (TPSA) is 12.9 Å². The van der Waals surface area contributed by atoms with Crippen LogP contribution >= 0.6 is 0 Å². The fourth-order valence-corrected chi connectivity index (χ4v) is 2.92. The summed E-state index contributed by atoms with van der Waals surface area (Å²) < 4.78 is 0. The van der Waals surface area contributed by atoms with Crippen molar-refractivity contribution in [2.24, 2.45) is 0 Å². The van der Waals surface area contributed by atoms with Crippen LogP contribution in [-0.2, 0) is 0 Å². The molecule has 1 heterocycles. The van der Waals surface area contributed by atoms with E-state index in [1.54, 1.807) is 0 Å². The van der Waals surface area contributed by atoms with Crippen LogP contribution in [0.2, 0.25) is 0 Å². The van der Waals surface area contributed by atoms with Crippen molar-refractivity contribution in [3.63, 3.8) is 0 Å². The Labute approximate surface area is 142 Å². The largest absolute Gasteiger partial charge is 0.264 e. The molecule has 0 saturated heterocycles. The summed E-state index contributed by atoms with van der Waals surface area (Å²) in [6, 6.07) is 31.8. The Bertz CT molecular complexity index is 790. The number of nitrogens with zero attached hydrogens (tertiary/aromatic N) is 1. The summed E-state index contributed by atoms with van der Waals surface area (Å²) in [7, 11) is 0. The van der Waals surface area contributed by atoms with Gasteiger partial charge in [-0.2, -0.15) is 0 Å². The predicted octanol–water partition coefficient (Wildman–Crippen LogP) is 6.08. The van der Waals surface area contributed by atoms with Crippen LogP contribution in [0.5, 0.6) is 0 Å². The monoisotopic (exact) mass is 307 g/mol. The van der Waals surface area contributed by atoms with Crippen molar-refractivity contribution >= 4 is 0 Å². The van der Waals surface area contributed by atoms with E-state index in [0.29, 0.717) is 0 Å². The van der Waals surface area contributed by atoms with Crippen LogP contribution in [-0.4, -0.2) is 4.98 Å². The molecule has 0 amide bonds. The van der Waals surface area contributed by atoms with Gasteiger partial charge in [0, 0.05) is 18.0 Å². The first-order valence-electron chi connectivity index (χ1n) is 8.06. The lowest BCUT2D eigenvalue weighted by molar-refractivity contribution is 1.33. The quantitative estimate of drug-likeness (QED) is 0.447. The number of hydrogen-bond donors (Lipinski definition) is 0. The van der Waals surface area contributed by atoms with Gasteiger partial charge in [-0.25, -0.2) is 0 Å². The lowest BCUT2D eigenvalue weighted by Gasteiger charge is -2.11. The molecule has 0 radical (unpaired) electrons. The minimum atomic E-state index is 1.13. The van der Waals surface area contributed by atoms with Crippen LogP contribution < -0.4 is 0 Å². The Kier molecular flexibility index (Phi) is 3.91. The van der Waals surface area contributed by atoms with Crippen molar-refractivity contribution in [1.29, 1.82) is 0 Å². The Morgan fingerprint density at radius 2 is 0.875 bits per heavy atom. The molecule has 0 unspecified atom stereocenters. The van der Waals surface area contributed by atoms with E-state index in [-0.39, 0.29) is 0 Å². The molecule has 4 rings (SSSR count).